The monoisotopic (exact) mass is 564 g/mol. The quantitative estimate of drug-likeness (QED) is 0.234. The molecule has 1 aliphatic rings. The average Bonchev–Trinajstić information content (AvgIpc) is 3.26. The Kier molecular flexibility index (Phi) is 12.7. The summed E-state index contributed by atoms with van der Waals surface area (Å²) in [4.78, 5) is 24.2. The van der Waals surface area contributed by atoms with Gasteiger partial charge in [-0.1, -0.05) is 30.3 Å². The van der Waals surface area contributed by atoms with Gasteiger partial charge in [0, 0.05) is 18.7 Å². The number of carboxylic acid groups (broad SMARTS) is 1. The number of carbonyl (C=O) groups excluding carboxylic acids is 1. The van der Waals surface area contributed by atoms with Gasteiger partial charge in [0.05, 0.1) is 30.2 Å². The smallest absolute Gasteiger partial charge is 0.335 e. The Bertz CT molecular complexity index is 1400. The summed E-state index contributed by atoms with van der Waals surface area (Å²) in [7, 11) is 0. The van der Waals surface area contributed by atoms with Crippen LogP contribution in [0, 0.1) is 13.8 Å². The number of phenolic OH excluding ortho intramolecular Hbond substituents is 1. The molecule has 1 unspecified atom stereocenters. The number of nitrogens with two attached hydrogens (primary N) is 2. The van der Waals surface area contributed by atoms with Crippen LogP contribution in [0.15, 0.2) is 76.0 Å². The topological polar surface area (TPSA) is 207 Å². The lowest BCUT2D eigenvalue weighted by molar-refractivity contribution is -0.117. The molecule has 218 valence electrons. The van der Waals surface area contributed by atoms with Crippen molar-refractivity contribution in [3.8, 4) is 16.9 Å². The summed E-state index contributed by atoms with van der Waals surface area (Å²) in [5, 5.41) is 49.4. The Morgan fingerprint density at radius 2 is 1.59 bits per heavy atom. The zero-order chi connectivity index (χ0) is 30.5. The Morgan fingerprint density at radius 3 is 2.17 bits per heavy atom. The number of aliphatic hydroxyl groups is 2. The van der Waals surface area contributed by atoms with Crippen LogP contribution in [0.2, 0.25) is 0 Å². The first kappa shape index (κ1) is 32.7. The highest BCUT2D eigenvalue weighted by Gasteiger charge is 2.35. The zero-order valence-electron chi connectivity index (χ0n) is 23.2. The van der Waals surface area contributed by atoms with Gasteiger partial charge in [0.25, 0.3) is 5.91 Å². The molecule has 1 amide bonds. The normalized spacial score (nSPS) is 14.2. The van der Waals surface area contributed by atoms with Crippen LogP contribution in [0.25, 0.3) is 11.1 Å². The van der Waals surface area contributed by atoms with E-state index in [2.05, 4.69) is 15.3 Å². The molecule has 0 saturated heterocycles. The van der Waals surface area contributed by atoms with Crippen molar-refractivity contribution in [3.63, 3.8) is 0 Å². The molecule has 4 rings (SSSR count). The highest BCUT2D eigenvalue weighted by molar-refractivity contribution is 6.18. The second kappa shape index (κ2) is 15.9. The average molecular weight is 565 g/mol. The molecule has 1 aliphatic heterocycles. The van der Waals surface area contributed by atoms with E-state index in [-0.39, 0.29) is 36.1 Å². The summed E-state index contributed by atoms with van der Waals surface area (Å²) in [5.74, 6) is -1.55. The van der Waals surface area contributed by atoms with Crippen LogP contribution in [0.5, 0.6) is 5.75 Å². The third kappa shape index (κ3) is 8.75. The van der Waals surface area contributed by atoms with Crippen LogP contribution in [0.3, 0.4) is 0 Å². The highest BCUT2D eigenvalue weighted by Crippen LogP contribution is 2.38. The molecule has 1 heterocycles. The molecule has 3 aromatic rings. The maximum Gasteiger partial charge on any atom is 0.335 e. The number of azo groups is 1. The van der Waals surface area contributed by atoms with Crippen LogP contribution in [-0.4, -0.2) is 70.4 Å². The van der Waals surface area contributed by atoms with Gasteiger partial charge < -0.3 is 31.9 Å². The van der Waals surface area contributed by atoms with Gasteiger partial charge in [0.1, 0.15) is 5.69 Å². The number of anilines is 1. The van der Waals surface area contributed by atoms with Crippen molar-refractivity contribution in [3.05, 3.63) is 77.4 Å². The van der Waals surface area contributed by atoms with Crippen molar-refractivity contribution in [2.45, 2.75) is 26.8 Å². The van der Waals surface area contributed by atoms with Crippen LogP contribution < -0.4 is 16.5 Å². The molecule has 12 nitrogen and oxygen atoms in total. The number of phenols is 1. The van der Waals surface area contributed by atoms with E-state index in [1.807, 2.05) is 32.0 Å². The standard InChI is InChI=1S/C25H22N4O4.2C2H7NO/c1-14-10-11-19(12-15(14)2)29-24(31)22(16(3)28-29)27-26-21-9-5-8-20(23(21)30)17-6-4-7-18(13-17)25(32)33;2*3-1-2-4/h4-13,22,30H,1-3H3,(H,32,33);2*4H,1-3H2. The SMILES string of the molecule is CC1=NN(c2ccc(C)c(C)c2)C(=O)C1N=Nc1cccc(-c2cccc(C(=O)O)c2)c1O.NCCO.NCCO. The summed E-state index contributed by atoms with van der Waals surface area (Å²) >= 11 is 0. The first-order valence-electron chi connectivity index (χ1n) is 12.7. The van der Waals surface area contributed by atoms with Crippen molar-refractivity contribution in [1.82, 2.24) is 0 Å². The number of benzene rings is 3. The minimum Gasteiger partial charge on any atom is -0.505 e. The van der Waals surface area contributed by atoms with Crippen LogP contribution in [0.1, 0.15) is 28.4 Å². The number of nitrogens with zero attached hydrogens (tertiary/aromatic N) is 4. The van der Waals surface area contributed by atoms with Crippen LogP contribution >= 0.6 is 0 Å². The number of aliphatic hydroxyl groups excluding tert-OH is 2. The van der Waals surface area contributed by atoms with Gasteiger partial charge in [0.2, 0.25) is 0 Å². The number of aryl methyl sites for hydroxylation is 2. The lowest BCUT2D eigenvalue weighted by Crippen LogP contribution is -2.29. The fourth-order valence-corrected chi connectivity index (χ4v) is 3.52. The second-order valence-electron chi connectivity index (χ2n) is 8.86. The van der Waals surface area contributed by atoms with Crippen LogP contribution in [-0.2, 0) is 4.79 Å². The van der Waals surface area contributed by atoms with Gasteiger partial charge >= 0.3 is 5.97 Å². The predicted octanol–water partition coefficient (Wildman–Crippen LogP) is 3.12. The van der Waals surface area contributed by atoms with Crippen molar-refractivity contribution in [1.29, 1.82) is 0 Å². The summed E-state index contributed by atoms with van der Waals surface area (Å²) in [5.41, 5.74) is 14.1. The maximum absolute atomic E-state index is 12.9. The van der Waals surface area contributed by atoms with Crippen molar-refractivity contribution < 1.29 is 30.0 Å². The molecule has 41 heavy (non-hydrogen) atoms. The lowest BCUT2D eigenvalue weighted by Gasteiger charge is -2.14. The summed E-state index contributed by atoms with van der Waals surface area (Å²) in [6.07, 6.45) is 0. The number of para-hydroxylation sites is 1. The number of amides is 1. The first-order chi connectivity index (χ1) is 19.6. The summed E-state index contributed by atoms with van der Waals surface area (Å²) in [6.45, 7) is 6.61. The van der Waals surface area contributed by atoms with Crippen molar-refractivity contribution in [2.75, 3.05) is 31.3 Å². The maximum atomic E-state index is 12.9. The third-order valence-corrected chi connectivity index (χ3v) is 5.81. The number of carboxylic acids is 1. The summed E-state index contributed by atoms with van der Waals surface area (Å²) < 4.78 is 0. The van der Waals surface area contributed by atoms with E-state index in [4.69, 9.17) is 21.7 Å². The fourth-order valence-electron chi connectivity index (χ4n) is 3.52. The molecular weight excluding hydrogens is 528 g/mol. The van der Waals surface area contributed by atoms with Crippen molar-refractivity contribution in [2.24, 2.45) is 26.8 Å². The molecule has 0 bridgehead atoms. The Hall–Kier alpha value is -4.49. The molecule has 0 spiro atoms. The Labute approximate surface area is 238 Å². The molecule has 8 N–H and O–H groups in total. The number of carbonyl (C=O) groups is 2. The Morgan fingerprint density at radius 1 is 0.951 bits per heavy atom. The minimum absolute atomic E-state index is 0.0972. The molecule has 12 heteroatoms. The molecule has 0 fully saturated rings. The van der Waals surface area contributed by atoms with E-state index in [0.717, 1.165) is 11.1 Å². The van der Waals surface area contributed by atoms with E-state index in [1.54, 1.807) is 37.3 Å². The fraction of sp³-hybridized carbons (Fsp3) is 0.276. The molecule has 0 aliphatic carbocycles. The molecule has 1 atom stereocenters. The number of rotatable bonds is 7. The highest BCUT2D eigenvalue weighted by atomic mass is 16.4. The largest absolute Gasteiger partial charge is 0.505 e. The molecule has 0 aromatic heterocycles. The van der Waals surface area contributed by atoms with E-state index in [0.29, 0.717) is 35.6 Å². The number of aromatic hydroxyl groups is 1. The molecule has 0 saturated carbocycles. The number of hydrazone groups is 1. The second-order valence-corrected chi connectivity index (χ2v) is 8.86. The van der Waals surface area contributed by atoms with Crippen LogP contribution in [0.4, 0.5) is 11.4 Å². The number of hydrogen-bond donors (Lipinski definition) is 6. The molecule has 0 radical (unpaired) electrons. The Balaban J connectivity index is 0.000000653. The summed E-state index contributed by atoms with van der Waals surface area (Å²) in [6, 6.07) is 15.9. The first-order valence-corrected chi connectivity index (χ1v) is 12.7. The number of aromatic carboxylic acids is 1. The van der Waals surface area contributed by atoms with Gasteiger partial charge in [-0.25, -0.2) is 4.79 Å². The predicted molar refractivity (Wildman–Crippen MR) is 158 cm³/mol. The lowest BCUT2D eigenvalue weighted by atomic mass is 10.0. The van der Waals surface area contributed by atoms with Gasteiger partial charge in [-0.3, -0.25) is 4.79 Å². The van der Waals surface area contributed by atoms with Gasteiger partial charge in [-0.05, 0) is 67.8 Å². The third-order valence-electron chi connectivity index (χ3n) is 5.81. The van der Waals surface area contributed by atoms with Gasteiger partial charge in [0.15, 0.2) is 11.8 Å². The van der Waals surface area contributed by atoms with E-state index in [9.17, 15) is 19.8 Å². The van der Waals surface area contributed by atoms with Gasteiger partial charge in [-0.15, -0.1) is 0 Å². The van der Waals surface area contributed by atoms with E-state index < -0.39 is 12.0 Å². The van der Waals surface area contributed by atoms with E-state index in [1.165, 1.54) is 17.1 Å². The minimum atomic E-state index is -1.06. The number of hydrogen-bond acceptors (Lipinski definition) is 10. The zero-order valence-corrected chi connectivity index (χ0v) is 23.2. The molecule has 3 aromatic carbocycles. The van der Waals surface area contributed by atoms with E-state index >= 15 is 0 Å². The van der Waals surface area contributed by atoms with Gasteiger partial charge in [-0.2, -0.15) is 20.3 Å². The molecular formula is C29H36N6O6. The van der Waals surface area contributed by atoms with Crippen molar-refractivity contribution >= 4 is 29.0 Å².